The van der Waals surface area contributed by atoms with Gasteiger partial charge in [-0.1, -0.05) is 0 Å². The molecule has 0 saturated heterocycles. The molecule has 1 aromatic heterocycles. The van der Waals surface area contributed by atoms with Crippen LogP contribution in [0.2, 0.25) is 0 Å². The number of carboxylic acid groups (broad SMARTS) is 1. The third-order valence-electron chi connectivity index (χ3n) is 1.92. The lowest BCUT2D eigenvalue weighted by atomic mass is 10.2. The SMILES string of the molecule is Cc1nc(NCC(O)CO)ncc1C(=O)O. The van der Waals surface area contributed by atoms with Gasteiger partial charge in [-0.2, -0.15) is 0 Å². The van der Waals surface area contributed by atoms with Crippen LogP contribution in [0.4, 0.5) is 5.95 Å². The molecule has 0 aliphatic carbocycles. The van der Waals surface area contributed by atoms with Crippen LogP contribution in [-0.2, 0) is 0 Å². The van der Waals surface area contributed by atoms with E-state index in [0.717, 1.165) is 0 Å². The van der Waals surface area contributed by atoms with Gasteiger partial charge in [0.05, 0.1) is 24.0 Å². The maximum Gasteiger partial charge on any atom is 0.339 e. The lowest BCUT2D eigenvalue weighted by Gasteiger charge is -2.09. The Morgan fingerprint density at radius 3 is 2.81 bits per heavy atom. The molecule has 0 fully saturated rings. The number of rotatable bonds is 5. The van der Waals surface area contributed by atoms with E-state index in [1.165, 1.54) is 6.20 Å². The normalized spacial score (nSPS) is 12.2. The Bertz CT molecular complexity index is 383. The van der Waals surface area contributed by atoms with Gasteiger partial charge < -0.3 is 20.6 Å². The zero-order chi connectivity index (χ0) is 12.1. The molecule has 0 amide bonds. The highest BCUT2D eigenvalue weighted by atomic mass is 16.4. The Labute approximate surface area is 91.8 Å². The van der Waals surface area contributed by atoms with E-state index >= 15 is 0 Å². The molecule has 0 bridgehead atoms. The molecule has 1 heterocycles. The number of aromatic nitrogens is 2. The van der Waals surface area contributed by atoms with Crippen molar-refractivity contribution in [3.63, 3.8) is 0 Å². The molecule has 1 unspecified atom stereocenters. The molecule has 0 saturated carbocycles. The number of anilines is 1. The van der Waals surface area contributed by atoms with Crippen LogP contribution in [0.25, 0.3) is 0 Å². The average molecular weight is 227 g/mol. The predicted molar refractivity (Wildman–Crippen MR) is 55.3 cm³/mol. The van der Waals surface area contributed by atoms with Gasteiger partial charge in [-0.05, 0) is 6.92 Å². The molecule has 16 heavy (non-hydrogen) atoms. The number of aryl methyl sites for hydroxylation is 1. The Morgan fingerprint density at radius 1 is 1.62 bits per heavy atom. The monoisotopic (exact) mass is 227 g/mol. The van der Waals surface area contributed by atoms with E-state index in [4.69, 9.17) is 15.3 Å². The third-order valence-corrected chi connectivity index (χ3v) is 1.92. The summed E-state index contributed by atoms with van der Waals surface area (Å²) in [7, 11) is 0. The maximum atomic E-state index is 10.7. The highest BCUT2D eigenvalue weighted by Crippen LogP contribution is 2.06. The van der Waals surface area contributed by atoms with Gasteiger partial charge in [0, 0.05) is 12.7 Å². The lowest BCUT2D eigenvalue weighted by molar-refractivity contribution is 0.0695. The van der Waals surface area contributed by atoms with Crippen LogP contribution in [0, 0.1) is 6.92 Å². The smallest absolute Gasteiger partial charge is 0.339 e. The van der Waals surface area contributed by atoms with Crippen molar-refractivity contribution in [1.82, 2.24) is 9.97 Å². The van der Waals surface area contributed by atoms with E-state index in [1.807, 2.05) is 0 Å². The number of hydrogen-bond donors (Lipinski definition) is 4. The topological polar surface area (TPSA) is 116 Å². The molecule has 0 aliphatic rings. The molecule has 88 valence electrons. The van der Waals surface area contributed by atoms with Crippen molar-refractivity contribution >= 4 is 11.9 Å². The molecule has 0 aromatic carbocycles. The minimum atomic E-state index is -1.08. The summed E-state index contributed by atoms with van der Waals surface area (Å²) in [6.07, 6.45) is 0.293. The number of nitrogens with zero attached hydrogens (tertiary/aromatic N) is 2. The van der Waals surface area contributed by atoms with Gasteiger partial charge in [-0.15, -0.1) is 0 Å². The van der Waals surface area contributed by atoms with Crippen LogP contribution in [0.3, 0.4) is 0 Å². The first-order valence-electron chi connectivity index (χ1n) is 4.64. The van der Waals surface area contributed by atoms with Crippen LogP contribution in [0.5, 0.6) is 0 Å². The van der Waals surface area contributed by atoms with Crippen LogP contribution < -0.4 is 5.32 Å². The van der Waals surface area contributed by atoms with Crippen LogP contribution >= 0.6 is 0 Å². The van der Waals surface area contributed by atoms with Gasteiger partial charge in [0.15, 0.2) is 0 Å². The van der Waals surface area contributed by atoms with Crippen LogP contribution in [-0.4, -0.2) is 50.5 Å². The van der Waals surface area contributed by atoms with E-state index in [0.29, 0.717) is 5.69 Å². The summed E-state index contributed by atoms with van der Waals surface area (Å²) >= 11 is 0. The molecular weight excluding hydrogens is 214 g/mol. The minimum Gasteiger partial charge on any atom is -0.478 e. The summed E-state index contributed by atoms with van der Waals surface area (Å²) in [5.41, 5.74) is 0.372. The van der Waals surface area contributed by atoms with Crippen molar-refractivity contribution in [2.75, 3.05) is 18.5 Å². The standard InChI is InChI=1S/C9H13N3O4/c1-5-7(8(15)16)3-11-9(12-5)10-2-6(14)4-13/h3,6,13-14H,2,4H2,1H3,(H,15,16)(H,10,11,12). The Hall–Kier alpha value is -1.73. The van der Waals surface area contributed by atoms with E-state index < -0.39 is 12.1 Å². The quantitative estimate of drug-likeness (QED) is 0.523. The van der Waals surface area contributed by atoms with Crippen molar-refractivity contribution in [3.05, 3.63) is 17.5 Å². The van der Waals surface area contributed by atoms with Gasteiger partial charge >= 0.3 is 5.97 Å². The van der Waals surface area contributed by atoms with E-state index in [2.05, 4.69) is 15.3 Å². The van der Waals surface area contributed by atoms with Crippen molar-refractivity contribution in [2.24, 2.45) is 0 Å². The number of nitrogens with one attached hydrogen (secondary N) is 1. The Balaban J connectivity index is 2.70. The first-order valence-corrected chi connectivity index (χ1v) is 4.64. The second kappa shape index (κ2) is 5.38. The molecule has 7 heteroatoms. The van der Waals surface area contributed by atoms with Crippen molar-refractivity contribution < 1.29 is 20.1 Å². The minimum absolute atomic E-state index is 0.0354. The summed E-state index contributed by atoms with van der Waals surface area (Å²) < 4.78 is 0. The number of carbonyl (C=O) groups is 1. The average Bonchev–Trinajstić information content (AvgIpc) is 2.25. The Morgan fingerprint density at radius 2 is 2.31 bits per heavy atom. The molecule has 4 N–H and O–H groups in total. The highest BCUT2D eigenvalue weighted by molar-refractivity contribution is 5.88. The fourth-order valence-corrected chi connectivity index (χ4v) is 1.04. The van der Waals surface area contributed by atoms with Gasteiger partial charge in [0.1, 0.15) is 0 Å². The largest absolute Gasteiger partial charge is 0.478 e. The van der Waals surface area contributed by atoms with Crippen LogP contribution in [0.15, 0.2) is 6.20 Å². The van der Waals surface area contributed by atoms with Gasteiger partial charge in [-0.25, -0.2) is 14.8 Å². The highest BCUT2D eigenvalue weighted by Gasteiger charge is 2.10. The third kappa shape index (κ3) is 3.14. The van der Waals surface area contributed by atoms with Crippen molar-refractivity contribution in [3.8, 4) is 0 Å². The molecule has 1 rings (SSSR count). The second-order valence-corrected chi connectivity index (χ2v) is 3.22. The number of aliphatic hydroxyl groups excluding tert-OH is 2. The lowest BCUT2D eigenvalue weighted by Crippen LogP contribution is -2.24. The fourth-order valence-electron chi connectivity index (χ4n) is 1.04. The summed E-state index contributed by atoms with van der Waals surface area (Å²) in [6, 6.07) is 0. The summed E-state index contributed by atoms with van der Waals surface area (Å²) in [6.45, 7) is 1.29. The number of carboxylic acids is 1. The fraction of sp³-hybridized carbons (Fsp3) is 0.444. The summed E-state index contributed by atoms with van der Waals surface area (Å²) in [5, 5.41) is 29.1. The molecule has 1 aromatic rings. The molecule has 1 atom stereocenters. The van der Waals surface area contributed by atoms with Crippen molar-refractivity contribution in [1.29, 1.82) is 0 Å². The number of aromatic carboxylic acids is 1. The van der Waals surface area contributed by atoms with Gasteiger partial charge in [-0.3, -0.25) is 0 Å². The maximum absolute atomic E-state index is 10.7. The van der Waals surface area contributed by atoms with E-state index in [-0.39, 0.29) is 24.7 Å². The first kappa shape index (κ1) is 12.3. The molecule has 0 spiro atoms. The second-order valence-electron chi connectivity index (χ2n) is 3.22. The van der Waals surface area contributed by atoms with Crippen molar-refractivity contribution in [2.45, 2.75) is 13.0 Å². The molecule has 7 nitrogen and oxygen atoms in total. The predicted octanol–water partition coefficient (Wildman–Crippen LogP) is -0.752. The zero-order valence-electron chi connectivity index (χ0n) is 8.71. The van der Waals surface area contributed by atoms with E-state index in [9.17, 15) is 4.79 Å². The number of aliphatic hydroxyl groups is 2. The first-order chi connectivity index (χ1) is 7.54. The van der Waals surface area contributed by atoms with E-state index in [1.54, 1.807) is 6.92 Å². The summed E-state index contributed by atoms with van der Waals surface area (Å²) in [4.78, 5) is 18.3. The zero-order valence-corrected chi connectivity index (χ0v) is 8.71. The molecule has 0 radical (unpaired) electrons. The summed E-state index contributed by atoms with van der Waals surface area (Å²) in [5.74, 6) is -0.866. The molecule has 0 aliphatic heterocycles. The Kier molecular flexibility index (Phi) is 4.15. The van der Waals surface area contributed by atoms with Gasteiger partial charge in [0.2, 0.25) is 5.95 Å². The van der Waals surface area contributed by atoms with Gasteiger partial charge in [0.25, 0.3) is 0 Å². The number of hydrogen-bond acceptors (Lipinski definition) is 6. The van der Waals surface area contributed by atoms with Crippen LogP contribution in [0.1, 0.15) is 16.1 Å². The molecular formula is C9H13N3O4.